The number of benzene rings is 3. The predicted octanol–water partition coefficient (Wildman–Crippen LogP) is 3.43. The van der Waals surface area contributed by atoms with Gasteiger partial charge in [-0.2, -0.15) is 5.10 Å². The van der Waals surface area contributed by atoms with Gasteiger partial charge in [-0.1, -0.05) is 48.5 Å². The Kier molecular flexibility index (Phi) is 13.0. The number of aromatic nitrogens is 3. The largest absolute Gasteiger partial charge is 0.397 e. The first-order valence-corrected chi connectivity index (χ1v) is 18.1. The van der Waals surface area contributed by atoms with E-state index in [1.165, 1.54) is 23.2 Å². The molecule has 0 saturated carbocycles. The molecule has 0 bridgehead atoms. The summed E-state index contributed by atoms with van der Waals surface area (Å²) in [4.78, 5) is 58.3. The number of H-pyrrole nitrogens is 1. The predicted molar refractivity (Wildman–Crippen MR) is 204 cm³/mol. The Hall–Kier alpha value is -6.13. The van der Waals surface area contributed by atoms with Gasteiger partial charge in [-0.3, -0.25) is 19.2 Å². The van der Waals surface area contributed by atoms with Gasteiger partial charge in [0.05, 0.1) is 42.1 Å². The second kappa shape index (κ2) is 18.5. The SMILES string of the molecule is Nc1cc(-c2cccc(CC(F)F)c2)cnc1C(=O)NCCOCCNCC(=O)N1CCN(C(=O)c2cc(Cc3n[nH]c(=O)c4ccccc34)ccc2F)CC1. The first kappa shape index (κ1) is 39.6. The molecule has 6 rings (SSSR count). The van der Waals surface area contributed by atoms with Crippen molar-refractivity contribution in [2.24, 2.45) is 0 Å². The summed E-state index contributed by atoms with van der Waals surface area (Å²) in [5, 5.41) is 13.6. The number of nitrogen functional groups attached to an aromatic ring is 1. The van der Waals surface area contributed by atoms with Gasteiger partial charge in [0, 0.05) is 69.3 Å². The first-order valence-electron chi connectivity index (χ1n) is 18.1. The lowest BCUT2D eigenvalue weighted by Gasteiger charge is -2.35. The summed E-state index contributed by atoms with van der Waals surface area (Å²) in [5.74, 6) is -1.74. The van der Waals surface area contributed by atoms with Crippen LogP contribution in [0.3, 0.4) is 0 Å². The summed E-state index contributed by atoms with van der Waals surface area (Å²) in [5.41, 5.74) is 8.90. The third-order valence-electron chi connectivity index (χ3n) is 9.34. The van der Waals surface area contributed by atoms with Crippen molar-refractivity contribution < 1.29 is 32.3 Å². The van der Waals surface area contributed by atoms with Crippen molar-refractivity contribution >= 4 is 34.2 Å². The van der Waals surface area contributed by atoms with Gasteiger partial charge in [-0.05, 0) is 41.0 Å². The number of nitrogens with zero attached hydrogens (tertiary/aromatic N) is 4. The molecule has 1 fully saturated rings. The Bertz CT molecular complexity index is 2260. The quantitative estimate of drug-likeness (QED) is 0.116. The van der Waals surface area contributed by atoms with E-state index in [2.05, 4.69) is 25.8 Å². The Labute approximate surface area is 320 Å². The highest BCUT2D eigenvalue weighted by Gasteiger charge is 2.26. The number of nitrogens with two attached hydrogens (primary N) is 1. The van der Waals surface area contributed by atoms with Crippen molar-refractivity contribution in [1.29, 1.82) is 0 Å². The molecule has 1 aliphatic rings. The fourth-order valence-electron chi connectivity index (χ4n) is 6.43. The number of halogens is 3. The molecule has 0 atom stereocenters. The third kappa shape index (κ3) is 9.94. The van der Waals surface area contributed by atoms with Gasteiger partial charge in [0.25, 0.3) is 17.4 Å². The zero-order valence-corrected chi connectivity index (χ0v) is 30.4. The molecule has 0 unspecified atom stereocenters. The van der Waals surface area contributed by atoms with Crippen LogP contribution in [0.2, 0.25) is 0 Å². The summed E-state index contributed by atoms with van der Waals surface area (Å²) in [6.45, 7) is 2.22. The van der Waals surface area contributed by atoms with Gasteiger partial charge in [0.2, 0.25) is 12.3 Å². The Balaban J connectivity index is 0.875. The highest BCUT2D eigenvalue weighted by molar-refractivity contribution is 5.98. The van der Waals surface area contributed by atoms with Crippen LogP contribution in [-0.2, 0) is 22.4 Å². The van der Waals surface area contributed by atoms with E-state index in [9.17, 15) is 32.3 Å². The second-order valence-electron chi connectivity index (χ2n) is 13.2. The summed E-state index contributed by atoms with van der Waals surface area (Å²) in [6.07, 6.45) is -1.07. The number of hydrogen-bond donors (Lipinski definition) is 4. The maximum absolute atomic E-state index is 14.9. The minimum atomic E-state index is -2.46. The van der Waals surface area contributed by atoms with E-state index >= 15 is 0 Å². The molecule has 2 aromatic heterocycles. The van der Waals surface area contributed by atoms with Crippen LogP contribution in [0.5, 0.6) is 0 Å². The minimum absolute atomic E-state index is 0.0372. The number of rotatable bonds is 15. The molecule has 3 aromatic carbocycles. The summed E-state index contributed by atoms with van der Waals surface area (Å²) < 4.78 is 46.0. The van der Waals surface area contributed by atoms with Crippen LogP contribution in [0.1, 0.15) is 37.7 Å². The number of hydrogen-bond acceptors (Lipinski definition) is 9. The van der Waals surface area contributed by atoms with Crippen LogP contribution >= 0.6 is 0 Å². The van der Waals surface area contributed by atoms with Crippen molar-refractivity contribution in [2.75, 3.05) is 64.8 Å². The number of nitrogens with one attached hydrogen (secondary N) is 3. The molecule has 292 valence electrons. The number of alkyl halides is 2. The van der Waals surface area contributed by atoms with E-state index < -0.39 is 24.1 Å². The number of fused-ring (bicyclic) bond motifs is 1. The van der Waals surface area contributed by atoms with Crippen LogP contribution in [0.15, 0.2) is 83.8 Å². The first-order chi connectivity index (χ1) is 27.1. The molecule has 0 spiro atoms. The maximum atomic E-state index is 14.9. The molecule has 5 N–H and O–H groups in total. The number of piperazine rings is 1. The number of amides is 3. The zero-order valence-electron chi connectivity index (χ0n) is 30.4. The molecule has 1 saturated heterocycles. The third-order valence-corrected chi connectivity index (χ3v) is 9.34. The normalized spacial score (nSPS) is 13.0. The highest BCUT2D eigenvalue weighted by atomic mass is 19.3. The van der Waals surface area contributed by atoms with Gasteiger partial charge in [-0.15, -0.1) is 0 Å². The minimum Gasteiger partial charge on any atom is -0.397 e. The second-order valence-corrected chi connectivity index (χ2v) is 13.2. The molecule has 56 heavy (non-hydrogen) atoms. The van der Waals surface area contributed by atoms with Crippen molar-refractivity contribution in [1.82, 2.24) is 35.6 Å². The number of ether oxygens (including phenoxy) is 1. The van der Waals surface area contributed by atoms with E-state index in [0.29, 0.717) is 58.4 Å². The monoisotopic (exact) mass is 770 g/mol. The number of anilines is 1. The van der Waals surface area contributed by atoms with Gasteiger partial charge in [0.1, 0.15) is 5.82 Å². The van der Waals surface area contributed by atoms with Gasteiger partial charge >= 0.3 is 0 Å². The van der Waals surface area contributed by atoms with E-state index in [1.807, 2.05) is 6.07 Å². The Morgan fingerprint density at radius 3 is 2.39 bits per heavy atom. The standard InChI is InChI=1S/C40H41F3N8O5/c41-32-9-8-26(20-34-29-6-1-2-7-30(29)38(53)49-48-34)19-31(32)40(55)51-14-12-50(13-15-51)36(52)24-45-10-16-56-17-11-46-39(54)37-33(44)22-28(23-47-37)27-5-3-4-25(18-27)21-35(42)43/h1-9,18-19,22-23,35,45H,10-17,20-21,24,44H2,(H,46,54)(H,49,53). The van der Waals surface area contributed by atoms with Crippen molar-refractivity contribution in [3.05, 3.63) is 123 Å². The number of aromatic amines is 1. The van der Waals surface area contributed by atoms with Gasteiger partial charge < -0.3 is 30.9 Å². The lowest BCUT2D eigenvalue weighted by Crippen LogP contribution is -2.52. The number of carbonyl (C=O) groups is 3. The summed E-state index contributed by atoms with van der Waals surface area (Å²) >= 11 is 0. The summed E-state index contributed by atoms with van der Waals surface area (Å²) in [7, 11) is 0. The van der Waals surface area contributed by atoms with Crippen molar-refractivity contribution in [2.45, 2.75) is 19.3 Å². The molecule has 0 radical (unpaired) electrons. The zero-order chi connectivity index (χ0) is 39.6. The fraction of sp³-hybridized carbons (Fsp3) is 0.300. The lowest BCUT2D eigenvalue weighted by atomic mass is 10.0. The van der Waals surface area contributed by atoms with E-state index in [4.69, 9.17) is 10.5 Å². The smallest absolute Gasteiger partial charge is 0.272 e. The highest BCUT2D eigenvalue weighted by Crippen LogP contribution is 2.25. The van der Waals surface area contributed by atoms with Crippen LogP contribution in [0.4, 0.5) is 18.9 Å². The number of carbonyl (C=O) groups excluding carboxylic acids is 3. The molecule has 5 aromatic rings. The topological polar surface area (TPSA) is 176 Å². The van der Waals surface area contributed by atoms with E-state index in [0.717, 1.165) is 0 Å². The van der Waals surface area contributed by atoms with Crippen LogP contribution < -0.4 is 21.9 Å². The van der Waals surface area contributed by atoms with E-state index in [1.54, 1.807) is 59.5 Å². The molecule has 3 heterocycles. The van der Waals surface area contributed by atoms with Crippen molar-refractivity contribution in [3.8, 4) is 11.1 Å². The van der Waals surface area contributed by atoms with Gasteiger partial charge in [0.15, 0.2) is 5.69 Å². The molecule has 16 heteroatoms. The molecular formula is C40H41F3N8O5. The van der Waals surface area contributed by atoms with Crippen LogP contribution in [-0.4, -0.2) is 108 Å². The van der Waals surface area contributed by atoms with Gasteiger partial charge in [-0.25, -0.2) is 23.3 Å². The van der Waals surface area contributed by atoms with Crippen molar-refractivity contribution in [3.63, 3.8) is 0 Å². The Morgan fingerprint density at radius 2 is 1.62 bits per heavy atom. The average Bonchev–Trinajstić information content (AvgIpc) is 3.20. The fourth-order valence-corrected chi connectivity index (χ4v) is 6.43. The molecular weight excluding hydrogens is 729 g/mol. The van der Waals surface area contributed by atoms with Crippen LogP contribution in [0, 0.1) is 5.82 Å². The van der Waals surface area contributed by atoms with Crippen LogP contribution in [0.25, 0.3) is 21.9 Å². The number of pyridine rings is 1. The average molecular weight is 771 g/mol. The summed E-state index contributed by atoms with van der Waals surface area (Å²) in [6, 6.07) is 19.7. The Morgan fingerprint density at radius 1 is 0.875 bits per heavy atom. The molecule has 3 amide bonds. The molecule has 1 aliphatic heterocycles. The molecule has 13 nitrogen and oxygen atoms in total. The maximum Gasteiger partial charge on any atom is 0.272 e. The molecule has 0 aliphatic carbocycles. The van der Waals surface area contributed by atoms with E-state index in [-0.39, 0.29) is 80.6 Å². The lowest BCUT2D eigenvalue weighted by molar-refractivity contribution is -0.131.